The molecule has 0 spiro atoms. The van der Waals surface area contributed by atoms with Gasteiger partial charge in [0.2, 0.25) is 5.91 Å². The van der Waals surface area contributed by atoms with Crippen LogP contribution in [-0.2, 0) is 11.3 Å². The van der Waals surface area contributed by atoms with E-state index in [1.54, 1.807) is 18.2 Å². The van der Waals surface area contributed by atoms with Crippen molar-refractivity contribution >= 4 is 23.6 Å². The minimum absolute atomic E-state index is 0.463. The van der Waals surface area contributed by atoms with E-state index in [-0.39, 0.29) is 0 Å². The van der Waals surface area contributed by atoms with E-state index in [0.717, 1.165) is 11.4 Å². The van der Waals surface area contributed by atoms with Gasteiger partial charge >= 0.3 is 0 Å². The second-order valence-electron chi connectivity index (χ2n) is 4.16. The highest BCUT2D eigenvalue weighted by Crippen LogP contribution is 2.15. The number of benzene rings is 1. The maximum absolute atomic E-state index is 10.7. The van der Waals surface area contributed by atoms with E-state index < -0.39 is 5.91 Å². The minimum Gasteiger partial charge on any atom is -0.492 e. The van der Waals surface area contributed by atoms with Crippen molar-refractivity contribution in [2.24, 2.45) is 5.73 Å². The van der Waals surface area contributed by atoms with E-state index in [2.05, 4.69) is 0 Å². The number of rotatable bonds is 6. The molecule has 4 nitrogen and oxygen atoms in total. The van der Waals surface area contributed by atoms with Crippen LogP contribution in [-0.4, -0.2) is 17.1 Å². The largest absolute Gasteiger partial charge is 0.492 e. The quantitative estimate of drug-likeness (QED) is 0.832. The molecular formula is C15H15ClN2O2. The highest BCUT2D eigenvalue weighted by molar-refractivity contribution is 6.30. The number of nitrogens with zero attached hydrogens (tertiary/aromatic N) is 1. The molecule has 1 heterocycles. The molecule has 5 heteroatoms. The lowest BCUT2D eigenvalue weighted by Crippen LogP contribution is -2.09. The molecule has 0 atom stereocenters. The monoisotopic (exact) mass is 290 g/mol. The zero-order chi connectivity index (χ0) is 14.4. The van der Waals surface area contributed by atoms with E-state index in [0.29, 0.717) is 18.2 Å². The Hall–Kier alpha value is -2.20. The maximum Gasteiger partial charge on any atom is 0.241 e. The van der Waals surface area contributed by atoms with E-state index >= 15 is 0 Å². The summed E-state index contributed by atoms with van der Waals surface area (Å²) in [6, 6.07) is 11.0. The molecule has 104 valence electrons. The van der Waals surface area contributed by atoms with Crippen LogP contribution in [0.3, 0.4) is 0 Å². The van der Waals surface area contributed by atoms with Gasteiger partial charge in [-0.05, 0) is 42.5 Å². The Labute approximate surface area is 122 Å². The smallest absolute Gasteiger partial charge is 0.241 e. The number of amides is 1. The molecule has 0 saturated carbocycles. The van der Waals surface area contributed by atoms with Crippen LogP contribution in [0.2, 0.25) is 5.02 Å². The second-order valence-corrected chi connectivity index (χ2v) is 4.60. The Morgan fingerprint density at radius 1 is 1.30 bits per heavy atom. The van der Waals surface area contributed by atoms with Gasteiger partial charge in [-0.3, -0.25) is 4.79 Å². The highest BCUT2D eigenvalue weighted by atomic mass is 35.5. The van der Waals surface area contributed by atoms with E-state index in [9.17, 15) is 4.79 Å². The predicted octanol–water partition coefficient (Wildman–Crippen LogP) is 2.72. The normalized spacial score (nSPS) is 10.8. The third-order valence-corrected chi connectivity index (χ3v) is 2.95. The standard InChI is InChI=1S/C15H15ClN2O2/c16-12-3-6-14(7-4-12)20-11-10-18-9-1-2-13(18)5-8-15(17)19/h1-9H,10-11H2,(H2,17,19)/b8-5+. The number of ether oxygens (including phenoxy) is 1. The molecule has 2 N–H and O–H groups in total. The predicted molar refractivity (Wildman–Crippen MR) is 79.6 cm³/mol. The third kappa shape index (κ3) is 4.17. The summed E-state index contributed by atoms with van der Waals surface area (Å²) < 4.78 is 7.60. The molecular weight excluding hydrogens is 276 g/mol. The number of carbonyl (C=O) groups excluding carboxylic acids is 1. The van der Waals surface area contributed by atoms with Gasteiger partial charge < -0.3 is 15.0 Å². The third-order valence-electron chi connectivity index (χ3n) is 2.70. The summed E-state index contributed by atoms with van der Waals surface area (Å²) in [7, 11) is 0. The van der Waals surface area contributed by atoms with Gasteiger partial charge in [0.1, 0.15) is 12.4 Å². The molecule has 2 rings (SSSR count). The Kier molecular flexibility index (Phi) is 4.85. The SMILES string of the molecule is NC(=O)/C=C/c1cccn1CCOc1ccc(Cl)cc1. The number of halogens is 1. The number of carbonyl (C=O) groups is 1. The number of aromatic nitrogens is 1. The molecule has 20 heavy (non-hydrogen) atoms. The van der Waals surface area contributed by atoms with Crippen LogP contribution in [0.5, 0.6) is 5.75 Å². The molecule has 0 unspecified atom stereocenters. The van der Waals surface area contributed by atoms with Crippen molar-refractivity contribution < 1.29 is 9.53 Å². The highest BCUT2D eigenvalue weighted by Gasteiger charge is 1.99. The van der Waals surface area contributed by atoms with Gasteiger partial charge in [0.15, 0.2) is 0 Å². The molecule has 1 amide bonds. The molecule has 1 aromatic heterocycles. The zero-order valence-electron chi connectivity index (χ0n) is 10.8. The molecule has 0 aliphatic heterocycles. The van der Waals surface area contributed by atoms with Crippen molar-refractivity contribution in [3.63, 3.8) is 0 Å². The maximum atomic E-state index is 10.7. The molecule has 0 fully saturated rings. The summed E-state index contributed by atoms with van der Waals surface area (Å²) in [5.74, 6) is 0.311. The van der Waals surface area contributed by atoms with Crippen molar-refractivity contribution in [3.8, 4) is 5.75 Å². The average molecular weight is 291 g/mol. The summed E-state index contributed by atoms with van der Waals surface area (Å²) >= 11 is 5.80. The lowest BCUT2D eigenvalue weighted by atomic mass is 10.3. The Morgan fingerprint density at radius 3 is 2.75 bits per heavy atom. The molecule has 0 radical (unpaired) electrons. The molecule has 0 aliphatic rings. The summed E-state index contributed by atoms with van der Waals surface area (Å²) in [5.41, 5.74) is 5.98. The van der Waals surface area contributed by atoms with Crippen LogP contribution in [0.15, 0.2) is 48.7 Å². The van der Waals surface area contributed by atoms with Gasteiger partial charge in [-0.2, -0.15) is 0 Å². The summed E-state index contributed by atoms with van der Waals surface area (Å²) in [4.78, 5) is 10.7. The first-order chi connectivity index (χ1) is 9.65. The Balaban J connectivity index is 1.90. The van der Waals surface area contributed by atoms with Crippen molar-refractivity contribution in [1.29, 1.82) is 0 Å². The fourth-order valence-electron chi connectivity index (χ4n) is 1.74. The summed E-state index contributed by atoms with van der Waals surface area (Å²) in [6.45, 7) is 1.20. The van der Waals surface area contributed by atoms with Gasteiger partial charge in [-0.1, -0.05) is 11.6 Å². The molecule has 0 saturated heterocycles. The number of primary amides is 1. The van der Waals surface area contributed by atoms with Gasteiger partial charge in [0.25, 0.3) is 0 Å². The zero-order valence-corrected chi connectivity index (χ0v) is 11.6. The first-order valence-corrected chi connectivity index (χ1v) is 6.54. The van der Waals surface area contributed by atoms with Gasteiger partial charge in [0, 0.05) is 23.0 Å². The summed E-state index contributed by atoms with van der Waals surface area (Å²) in [6.07, 6.45) is 4.95. The van der Waals surface area contributed by atoms with Gasteiger partial charge in [0.05, 0.1) is 6.54 Å². The van der Waals surface area contributed by atoms with E-state index in [1.807, 2.05) is 35.0 Å². The minimum atomic E-state index is -0.463. The molecule has 1 aromatic carbocycles. The molecule has 0 aliphatic carbocycles. The van der Waals surface area contributed by atoms with Crippen LogP contribution in [0.25, 0.3) is 6.08 Å². The van der Waals surface area contributed by atoms with Gasteiger partial charge in [-0.15, -0.1) is 0 Å². The lowest BCUT2D eigenvalue weighted by Gasteiger charge is -2.09. The van der Waals surface area contributed by atoms with Crippen LogP contribution in [0, 0.1) is 0 Å². The van der Waals surface area contributed by atoms with Crippen LogP contribution < -0.4 is 10.5 Å². The van der Waals surface area contributed by atoms with Crippen LogP contribution in [0.4, 0.5) is 0 Å². The fourth-order valence-corrected chi connectivity index (χ4v) is 1.87. The average Bonchev–Trinajstić information content (AvgIpc) is 2.86. The number of hydrogen-bond donors (Lipinski definition) is 1. The van der Waals surface area contributed by atoms with Crippen molar-refractivity contribution in [1.82, 2.24) is 4.57 Å². The number of hydrogen-bond acceptors (Lipinski definition) is 2. The van der Waals surface area contributed by atoms with Gasteiger partial charge in [-0.25, -0.2) is 0 Å². The Morgan fingerprint density at radius 2 is 2.05 bits per heavy atom. The first kappa shape index (κ1) is 14.2. The van der Waals surface area contributed by atoms with Crippen molar-refractivity contribution in [3.05, 3.63) is 59.4 Å². The second kappa shape index (κ2) is 6.82. The number of nitrogens with two attached hydrogens (primary N) is 1. The van der Waals surface area contributed by atoms with Crippen LogP contribution in [0.1, 0.15) is 5.69 Å². The van der Waals surface area contributed by atoms with Crippen molar-refractivity contribution in [2.45, 2.75) is 6.54 Å². The first-order valence-electron chi connectivity index (χ1n) is 6.16. The molecule has 0 bridgehead atoms. The Bertz CT molecular complexity index is 603. The van der Waals surface area contributed by atoms with Crippen LogP contribution >= 0.6 is 11.6 Å². The topological polar surface area (TPSA) is 57.2 Å². The molecule has 2 aromatic rings. The summed E-state index contributed by atoms with van der Waals surface area (Å²) in [5, 5.41) is 0.682. The van der Waals surface area contributed by atoms with E-state index in [4.69, 9.17) is 22.1 Å². The van der Waals surface area contributed by atoms with Crippen molar-refractivity contribution in [2.75, 3.05) is 6.61 Å². The van der Waals surface area contributed by atoms with E-state index in [1.165, 1.54) is 6.08 Å². The fraction of sp³-hybridized carbons (Fsp3) is 0.133. The lowest BCUT2D eigenvalue weighted by molar-refractivity contribution is -0.113.